The summed E-state index contributed by atoms with van der Waals surface area (Å²) >= 11 is 5.68. The predicted octanol–water partition coefficient (Wildman–Crippen LogP) is 2.96. The first-order valence-electron chi connectivity index (χ1n) is 5.25. The second kappa shape index (κ2) is 5.05. The van der Waals surface area contributed by atoms with E-state index in [-0.39, 0.29) is 11.7 Å². The standard InChI is InChI=1S/C12H8ClF3N2O/c13-10-3-1-2-9(17-10)7-18-6-8(12(14,15)16)4-5-11(18)19/h1-6H,7H2. The van der Waals surface area contributed by atoms with Crippen molar-refractivity contribution >= 4 is 11.6 Å². The van der Waals surface area contributed by atoms with Gasteiger partial charge in [0.2, 0.25) is 0 Å². The van der Waals surface area contributed by atoms with E-state index in [2.05, 4.69) is 4.98 Å². The molecule has 0 bridgehead atoms. The molecule has 19 heavy (non-hydrogen) atoms. The van der Waals surface area contributed by atoms with E-state index in [1.54, 1.807) is 18.2 Å². The largest absolute Gasteiger partial charge is 0.417 e. The Morgan fingerprint density at radius 3 is 2.58 bits per heavy atom. The van der Waals surface area contributed by atoms with Crippen LogP contribution in [-0.4, -0.2) is 9.55 Å². The van der Waals surface area contributed by atoms with Crippen LogP contribution in [0.4, 0.5) is 13.2 Å². The molecule has 0 aliphatic carbocycles. The minimum Gasteiger partial charge on any atom is -0.309 e. The van der Waals surface area contributed by atoms with Crippen LogP contribution in [0.25, 0.3) is 0 Å². The Morgan fingerprint density at radius 2 is 1.95 bits per heavy atom. The van der Waals surface area contributed by atoms with Gasteiger partial charge in [0.05, 0.1) is 17.8 Å². The number of hydrogen-bond donors (Lipinski definition) is 0. The number of hydrogen-bond acceptors (Lipinski definition) is 2. The van der Waals surface area contributed by atoms with E-state index < -0.39 is 17.3 Å². The minimum absolute atomic E-state index is 0.0662. The van der Waals surface area contributed by atoms with Crippen LogP contribution in [0.15, 0.2) is 41.3 Å². The summed E-state index contributed by atoms with van der Waals surface area (Å²) in [5.41, 5.74) is -1.00. The first-order chi connectivity index (χ1) is 8.86. The molecule has 0 spiro atoms. The molecule has 7 heteroatoms. The van der Waals surface area contributed by atoms with Crippen molar-refractivity contribution in [3.05, 3.63) is 63.3 Å². The molecule has 0 aliphatic rings. The smallest absolute Gasteiger partial charge is 0.309 e. The zero-order valence-corrected chi connectivity index (χ0v) is 10.2. The Kier molecular flexibility index (Phi) is 3.61. The molecule has 3 nitrogen and oxygen atoms in total. The van der Waals surface area contributed by atoms with Gasteiger partial charge in [0.25, 0.3) is 5.56 Å². The Labute approximate surface area is 111 Å². The molecule has 0 saturated heterocycles. The lowest BCUT2D eigenvalue weighted by Gasteiger charge is -2.10. The topological polar surface area (TPSA) is 34.9 Å². The van der Waals surface area contributed by atoms with Crippen molar-refractivity contribution in [2.75, 3.05) is 0 Å². The lowest BCUT2D eigenvalue weighted by atomic mass is 10.2. The van der Waals surface area contributed by atoms with Gasteiger partial charge in [-0.2, -0.15) is 13.2 Å². The van der Waals surface area contributed by atoms with E-state index in [0.717, 1.165) is 22.9 Å². The van der Waals surface area contributed by atoms with Crippen LogP contribution < -0.4 is 5.56 Å². The molecule has 0 atom stereocenters. The highest BCUT2D eigenvalue weighted by molar-refractivity contribution is 6.29. The SMILES string of the molecule is O=c1ccc(C(F)(F)F)cn1Cc1cccc(Cl)n1. The molecule has 0 N–H and O–H groups in total. The van der Waals surface area contributed by atoms with Crippen molar-refractivity contribution < 1.29 is 13.2 Å². The summed E-state index contributed by atoms with van der Waals surface area (Å²) < 4.78 is 38.6. The van der Waals surface area contributed by atoms with Gasteiger partial charge >= 0.3 is 6.18 Å². The van der Waals surface area contributed by atoms with E-state index >= 15 is 0 Å². The first-order valence-corrected chi connectivity index (χ1v) is 5.63. The molecular formula is C12H8ClF3N2O. The number of alkyl halides is 3. The molecule has 0 aromatic carbocycles. The highest BCUT2D eigenvalue weighted by Crippen LogP contribution is 2.28. The summed E-state index contributed by atoms with van der Waals surface area (Å²) in [7, 11) is 0. The predicted molar refractivity (Wildman–Crippen MR) is 64.1 cm³/mol. The zero-order chi connectivity index (χ0) is 14.0. The molecule has 0 unspecified atom stereocenters. The third-order valence-electron chi connectivity index (χ3n) is 2.42. The van der Waals surface area contributed by atoms with Crippen molar-refractivity contribution in [2.24, 2.45) is 0 Å². The van der Waals surface area contributed by atoms with Gasteiger partial charge in [-0.05, 0) is 18.2 Å². The quantitative estimate of drug-likeness (QED) is 0.796. The van der Waals surface area contributed by atoms with Gasteiger partial charge in [0, 0.05) is 12.3 Å². The average molecular weight is 289 g/mol. The fourth-order valence-electron chi connectivity index (χ4n) is 1.54. The Balaban J connectivity index is 2.37. The minimum atomic E-state index is -4.49. The van der Waals surface area contributed by atoms with Crippen LogP contribution in [0.2, 0.25) is 5.15 Å². The lowest BCUT2D eigenvalue weighted by Crippen LogP contribution is -2.22. The maximum atomic E-state index is 12.6. The highest BCUT2D eigenvalue weighted by Gasteiger charge is 2.31. The number of halogens is 4. The maximum Gasteiger partial charge on any atom is 0.417 e. The Hall–Kier alpha value is -1.82. The van der Waals surface area contributed by atoms with E-state index in [4.69, 9.17) is 11.6 Å². The lowest BCUT2D eigenvalue weighted by molar-refractivity contribution is -0.138. The van der Waals surface area contributed by atoms with Crippen molar-refractivity contribution in [1.29, 1.82) is 0 Å². The number of nitrogens with zero attached hydrogens (tertiary/aromatic N) is 2. The van der Waals surface area contributed by atoms with Crippen LogP contribution in [0, 0.1) is 0 Å². The van der Waals surface area contributed by atoms with Crippen LogP contribution >= 0.6 is 11.6 Å². The van der Waals surface area contributed by atoms with Gasteiger partial charge in [0.1, 0.15) is 5.15 Å². The van der Waals surface area contributed by atoms with Gasteiger partial charge in [-0.25, -0.2) is 4.98 Å². The summed E-state index contributed by atoms with van der Waals surface area (Å²) in [4.78, 5) is 15.4. The van der Waals surface area contributed by atoms with Crippen molar-refractivity contribution in [3.8, 4) is 0 Å². The van der Waals surface area contributed by atoms with Gasteiger partial charge in [0.15, 0.2) is 0 Å². The molecular weight excluding hydrogens is 281 g/mol. The second-order valence-electron chi connectivity index (χ2n) is 3.83. The summed E-state index contributed by atoms with van der Waals surface area (Å²) in [5.74, 6) is 0. The Morgan fingerprint density at radius 1 is 1.21 bits per heavy atom. The second-order valence-corrected chi connectivity index (χ2v) is 4.22. The fraction of sp³-hybridized carbons (Fsp3) is 0.167. The van der Waals surface area contributed by atoms with Gasteiger partial charge in [-0.15, -0.1) is 0 Å². The Bertz CT molecular complexity index is 652. The van der Waals surface area contributed by atoms with E-state index in [1.807, 2.05) is 0 Å². The molecule has 2 aromatic heterocycles. The van der Waals surface area contributed by atoms with E-state index in [1.165, 1.54) is 0 Å². The van der Waals surface area contributed by atoms with Crippen LogP contribution in [0.5, 0.6) is 0 Å². The van der Waals surface area contributed by atoms with Crippen molar-refractivity contribution in [3.63, 3.8) is 0 Å². The summed E-state index contributed by atoms with van der Waals surface area (Å²) in [6.07, 6.45) is -3.72. The van der Waals surface area contributed by atoms with Crippen LogP contribution in [0.3, 0.4) is 0 Å². The van der Waals surface area contributed by atoms with E-state index in [0.29, 0.717) is 5.69 Å². The zero-order valence-electron chi connectivity index (χ0n) is 9.49. The highest BCUT2D eigenvalue weighted by atomic mass is 35.5. The fourth-order valence-corrected chi connectivity index (χ4v) is 1.72. The first kappa shape index (κ1) is 13.6. The molecule has 0 saturated carbocycles. The molecule has 0 radical (unpaired) electrons. The summed E-state index contributed by atoms with van der Waals surface area (Å²) in [6, 6.07) is 6.37. The molecule has 0 fully saturated rings. The normalized spacial score (nSPS) is 11.6. The van der Waals surface area contributed by atoms with Gasteiger partial charge in [-0.1, -0.05) is 17.7 Å². The number of rotatable bonds is 2. The maximum absolute atomic E-state index is 12.6. The molecule has 0 aliphatic heterocycles. The number of aromatic nitrogens is 2. The molecule has 2 rings (SSSR count). The van der Waals surface area contributed by atoms with Crippen molar-refractivity contribution in [2.45, 2.75) is 12.7 Å². The third-order valence-corrected chi connectivity index (χ3v) is 2.63. The monoisotopic (exact) mass is 288 g/mol. The number of pyridine rings is 2. The molecule has 100 valence electrons. The van der Waals surface area contributed by atoms with E-state index in [9.17, 15) is 18.0 Å². The molecule has 0 amide bonds. The van der Waals surface area contributed by atoms with Crippen molar-refractivity contribution in [1.82, 2.24) is 9.55 Å². The summed E-state index contributed by atoms with van der Waals surface area (Å²) in [5, 5.41) is 0.220. The van der Waals surface area contributed by atoms with Crippen LogP contribution in [0.1, 0.15) is 11.3 Å². The van der Waals surface area contributed by atoms with Gasteiger partial charge in [-0.3, -0.25) is 4.79 Å². The summed E-state index contributed by atoms with van der Waals surface area (Å²) in [6.45, 7) is -0.0662. The molecule has 2 aromatic rings. The third kappa shape index (κ3) is 3.35. The molecule has 2 heterocycles. The average Bonchev–Trinajstić information content (AvgIpc) is 2.30. The van der Waals surface area contributed by atoms with Crippen LogP contribution in [-0.2, 0) is 12.7 Å². The van der Waals surface area contributed by atoms with Gasteiger partial charge < -0.3 is 4.57 Å².